The van der Waals surface area contributed by atoms with Crippen LogP contribution in [0.4, 0.5) is 0 Å². The zero-order valence-electron chi connectivity index (χ0n) is 41.6. The van der Waals surface area contributed by atoms with E-state index in [1.165, 1.54) is 164 Å². The summed E-state index contributed by atoms with van der Waals surface area (Å²) >= 11 is 0. The van der Waals surface area contributed by atoms with Gasteiger partial charge in [-0.2, -0.15) is 0 Å². The predicted octanol–water partition coefficient (Wildman–Crippen LogP) is 21.5. The molecule has 0 radical (unpaired) electrons. The zero-order valence-corrected chi connectivity index (χ0v) is 41.6. The van der Waals surface area contributed by atoms with Crippen LogP contribution >= 0.6 is 0 Å². The average molecular weight is 959 g/mol. The van der Waals surface area contributed by atoms with E-state index in [0.29, 0.717) is 0 Å². The van der Waals surface area contributed by atoms with Crippen molar-refractivity contribution in [3.8, 4) is 77.9 Å². The quantitative estimate of drug-likeness (QED) is 0.140. The lowest BCUT2D eigenvalue weighted by molar-refractivity contribution is 1.58. The molecule has 0 aromatic heterocycles. The summed E-state index contributed by atoms with van der Waals surface area (Å²) in [5, 5.41) is 20.6. The minimum atomic E-state index is 1.20. The molecule has 16 aromatic rings. The molecular formula is C76H46. The first kappa shape index (κ1) is 42.6. The van der Waals surface area contributed by atoms with Crippen LogP contribution in [0.2, 0.25) is 0 Å². The van der Waals surface area contributed by atoms with E-state index >= 15 is 0 Å². The van der Waals surface area contributed by atoms with Gasteiger partial charge in [0.2, 0.25) is 0 Å². The Balaban J connectivity index is 0.744. The summed E-state index contributed by atoms with van der Waals surface area (Å²) in [4.78, 5) is 0. The van der Waals surface area contributed by atoms with Gasteiger partial charge in [-0.15, -0.1) is 0 Å². The SMILES string of the molecule is c1cc(-c2cccc(-c3ccc4ccc5c(-c6ccc(-c7cccc8ccccc78)cc6)ccc6ccc3c4c65)c2)cc(-c2cccc(-c3ccc4ccc5c(-c6cccc7ccccc67)ccc6ccc3c4c65)c2)c1. The number of benzene rings is 16. The first-order valence-corrected chi connectivity index (χ1v) is 26.5. The number of hydrogen-bond donors (Lipinski definition) is 0. The maximum absolute atomic E-state index is 2.38. The fraction of sp³-hybridized carbons (Fsp3) is 0. The molecule has 0 amide bonds. The van der Waals surface area contributed by atoms with Crippen molar-refractivity contribution in [2.45, 2.75) is 0 Å². The standard InChI is InChI=1S/C76H46/c1-3-20-61-47(10-1)12-8-22-62(61)49-24-26-50(27-25-49)64-36-28-51-33-41-70-65(37-29-52-32-40-69(64)73(51)74(52)70)59-18-6-16-57(45-59)55-14-5-15-56(44-55)58-17-7-19-60(46-58)66-38-30-53-35-43-72-68(39-31-54-34-42-71(66)75(53)76(54)72)67-23-9-13-48-11-2-4-21-63(48)67/h1-46H. The summed E-state index contributed by atoms with van der Waals surface area (Å²) in [7, 11) is 0. The van der Waals surface area contributed by atoms with Crippen LogP contribution in [0.25, 0.3) is 164 Å². The second kappa shape index (κ2) is 16.8. The summed E-state index contributed by atoms with van der Waals surface area (Å²) < 4.78 is 0. The summed E-state index contributed by atoms with van der Waals surface area (Å²) in [6, 6.07) is 104. The minimum absolute atomic E-state index is 1.20. The zero-order chi connectivity index (χ0) is 49.8. The normalized spacial score (nSPS) is 11.9. The maximum Gasteiger partial charge on any atom is -0.00203 e. The van der Waals surface area contributed by atoms with Crippen LogP contribution in [0.15, 0.2) is 279 Å². The molecular weight excluding hydrogens is 913 g/mol. The van der Waals surface area contributed by atoms with E-state index in [-0.39, 0.29) is 0 Å². The van der Waals surface area contributed by atoms with Gasteiger partial charge in [0.1, 0.15) is 0 Å². The van der Waals surface area contributed by atoms with Gasteiger partial charge in [-0.05, 0) is 182 Å². The summed E-state index contributed by atoms with van der Waals surface area (Å²) in [6.45, 7) is 0. The molecule has 350 valence electrons. The van der Waals surface area contributed by atoms with Crippen molar-refractivity contribution >= 4 is 86.2 Å². The van der Waals surface area contributed by atoms with Crippen molar-refractivity contribution in [2.24, 2.45) is 0 Å². The first-order chi connectivity index (χ1) is 37.7. The lowest BCUT2D eigenvalue weighted by atomic mass is 9.86. The Labute approximate surface area is 440 Å². The maximum atomic E-state index is 2.38. The van der Waals surface area contributed by atoms with Crippen molar-refractivity contribution < 1.29 is 0 Å². The van der Waals surface area contributed by atoms with E-state index in [4.69, 9.17) is 0 Å². The second-order valence-corrected chi connectivity index (χ2v) is 20.7. The molecule has 16 aromatic carbocycles. The molecule has 76 heavy (non-hydrogen) atoms. The van der Waals surface area contributed by atoms with E-state index < -0.39 is 0 Å². The third-order valence-electron chi connectivity index (χ3n) is 16.6. The van der Waals surface area contributed by atoms with Gasteiger partial charge in [0.25, 0.3) is 0 Å². The van der Waals surface area contributed by atoms with Crippen LogP contribution in [0.1, 0.15) is 0 Å². The van der Waals surface area contributed by atoms with Crippen molar-refractivity contribution in [2.75, 3.05) is 0 Å². The minimum Gasteiger partial charge on any atom is -0.0616 e. The number of rotatable bonds is 7. The van der Waals surface area contributed by atoms with Crippen LogP contribution in [-0.4, -0.2) is 0 Å². The van der Waals surface area contributed by atoms with Crippen molar-refractivity contribution in [1.29, 1.82) is 0 Å². The van der Waals surface area contributed by atoms with Crippen LogP contribution in [0.5, 0.6) is 0 Å². The van der Waals surface area contributed by atoms with Crippen molar-refractivity contribution in [1.82, 2.24) is 0 Å². The molecule has 0 atom stereocenters. The molecule has 0 aliphatic rings. The Morgan fingerprint density at radius 3 is 0.855 bits per heavy atom. The Bertz CT molecular complexity index is 4970. The van der Waals surface area contributed by atoms with Crippen LogP contribution in [0, 0.1) is 0 Å². The topological polar surface area (TPSA) is 0 Å². The van der Waals surface area contributed by atoms with E-state index in [0.717, 1.165) is 0 Å². The van der Waals surface area contributed by atoms with Crippen molar-refractivity contribution in [3.05, 3.63) is 279 Å². The van der Waals surface area contributed by atoms with E-state index in [2.05, 4.69) is 279 Å². The Hall–Kier alpha value is -9.88. The molecule has 0 heteroatoms. The van der Waals surface area contributed by atoms with Gasteiger partial charge in [-0.25, -0.2) is 0 Å². The monoisotopic (exact) mass is 958 g/mol. The molecule has 0 N–H and O–H groups in total. The lowest BCUT2D eigenvalue weighted by Gasteiger charge is -2.17. The van der Waals surface area contributed by atoms with Gasteiger partial charge in [0.15, 0.2) is 0 Å². The molecule has 0 fully saturated rings. The van der Waals surface area contributed by atoms with Gasteiger partial charge in [0.05, 0.1) is 0 Å². The number of fused-ring (bicyclic) bond motifs is 2. The van der Waals surface area contributed by atoms with Gasteiger partial charge < -0.3 is 0 Å². The smallest absolute Gasteiger partial charge is 0.00203 e. The fourth-order valence-corrected chi connectivity index (χ4v) is 13.0. The average Bonchev–Trinajstić information content (AvgIpc) is 3.69. The van der Waals surface area contributed by atoms with E-state index in [9.17, 15) is 0 Å². The molecule has 0 nitrogen and oxygen atoms in total. The molecule has 16 rings (SSSR count). The van der Waals surface area contributed by atoms with Crippen LogP contribution in [-0.2, 0) is 0 Å². The molecule has 0 aliphatic carbocycles. The third kappa shape index (κ3) is 6.64. The van der Waals surface area contributed by atoms with Gasteiger partial charge in [0, 0.05) is 0 Å². The largest absolute Gasteiger partial charge is 0.0616 e. The van der Waals surface area contributed by atoms with Crippen LogP contribution < -0.4 is 0 Å². The highest BCUT2D eigenvalue weighted by Gasteiger charge is 2.19. The fourth-order valence-electron chi connectivity index (χ4n) is 13.0. The lowest BCUT2D eigenvalue weighted by Crippen LogP contribution is -1.90. The Morgan fingerprint density at radius 1 is 0.132 bits per heavy atom. The molecule has 0 bridgehead atoms. The molecule has 0 unspecified atom stereocenters. The Kier molecular flexibility index (Phi) is 9.44. The summed E-state index contributed by atoms with van der Waals surface area (Å²) in [6.07, 6.45) is 0. The molecule has 0 heterocycles. The molecule has 0 aliphatic heterocycles. The highest BCUT2D eigenvalue weighted by atomic mass is 14.2. The van der Waals surface area contributed by atoms with Gasteiger partial charge >= 0.3 is 0 Å². The molecule has 0 spiro atoms. The van der Waals surface area contributed by atoms with Gasteiger partial charge in [-0.1, -0.05) is 261 Å². The highest BCUT2D eigenvalue weighted by molar-refractivity contribution is 6.29. The van der Waals surface area contributed by atoms with Gasteiger partial charge in [-0.3, -0.25) is 0 Å². The number of hydrogen-bond acceptors (Lipinski definition) is 0. The van der Waals surface area contributed by atoms with E-state index in [1.54, 1.807) is 0 Å². The highest BCUT2D eigenvalue weighted by Crippen LogP contribution is 2.46. The van der Waals surface area contributed by atoms with Crippen molar-refractivity contribution in [3.63, 3.8) is 0 Å². The Morgan fingerprint density at radius 2 is 0.408 bits per heavy atom. The predicted molar refractivity (Wildman–Crippen MR) is 327 cm³/mol. The summed E-state index contributed by atoms with van der Waals surface area (Å²) in [5.41, 5.74) is 17.2. The molecule has 0 saturated heterocycles. The first-order valence-electron chi connectivity index (χ1n) is 26.5. The third-order valence-corrected chi connectivity index (χ3v) is 16.6. The summed E-state index contributed by atoms with van der Waals surface area (Å²) in [5.74, 6) is 0. The second-order valence-electron chi connectivity index (χ2n) is 20.7. The molecule has 0 saturated carbocycles. The van der Waals surface area contributed by atoms with E-state index in [1.807, 2.05) is 0 Å². The van der Waals surface area contributed by atoms with Crippen LogP contribution in [0.3, 0.4) is 0 Å².